The van der Waals surface area contributed by atoms with Crippen LogP contribution in [0.15, 0.2) is 35.3 Å². The molecule has 6 heteroatoms. The van der Waals surface area contributed by atoms with E-state index in [1.54, 1.807) is 18.2 Å². The Morgan fingerprint density at radius 3 is 2.68 bits per heavy atom. The number of carbonyl (C=O) groups is 1. The molecular formula is C13H9Cl2NO3. The van der Waals surface area contributed by atoms with Crippen molar-refractivity contribution in [2.45, 2.75) is 0 Å². The maximum absolute atomic E-state index is 11.7. The number of esters is 1. The summed E-state index contributed by atoms with van der Waals surface area (Å²) in [5.41, 5.74) is 0.738. The molecule has 0 aliphatic carbocycles. The maximum atomic E-state index is 11.7. The molecule has 0 fully saturated rings. The highest BCUT2D eigenvalue weighted by atomic mass is 35.5. The van der Waals surface area contributed by atoms with Crippen molar-refractivity contribution < 1.29 is 9.53 Å². The van der Waals surface area contributed by atoms with Crippen molar-refractivity contribution in [3.8, 4) is 11.1 Å². The van der Waals surface area contributed by atoms with Gasteiger partial charge in [-0.2, -0.15) is 0 Å². The van der Waals surface area contributed by atoms with Gasteiger partial charge in [-0.25, -0.2) is 4.79 Å². The van der Waals surface area contributed by atoms with Crippen molar-refractivity contribution in [3.63, 3.8) is 0 Å². The summed E-state index contributed by atoms with van der Waals surface area (Å²) in [4.78, 5) is 25.5. The molecule has 98 valence electrons. The number of benzene rings is 1. The predicted molar refractivity (Wildman–Crippen MR) is 73.9 cm³/mol. The predicted octanol–water partition coefficient (Wildman–Crippen LogP) is 3.14. The van der Waals surface area contributed by atoms with Crippen LogP contribution in [0.1, 0.15) is 10.4 Å². The molecule has 0 radical (unpaired) electrons. The van der Waals surface area contributed by atoms with Gasteiger partial charge in [0.1, 0.15) is 0 Å². The smallest absolute Gasteiger partial charge is 0.338 e. The Bertz CT molecular complexity index is 695. The zero-order valence-electron chi connectivity index (χ0n) is 9.87. The summed E-state index contributed by atoms with van der Waals surface area (Å²) in [6, 6.07) is 6.21. The van der Waals surface area contributed by atoms with Gasteiger partial charge in [-0.3, -0.25) is 4.79 Å². The molecule has 2 rings (SSSR count). The van der Waals surface area contributed by atoms with Gasteiger partial charge in [-0.05, 0) is 6.07 Å². The third-order valence-corrected chi connectivity index (χ3v) is 3.39. The number of H-pyrrole nitrogens is 1. The molecule has 1 aromatic heterocycles. The molecule has 0 aliphatic heterocycles. The largest absolute Gasteiger partial charge is 0.465 e. The standard InChI is InChI=1S/C13H9Cl2NO3/c1-19-13(18)8-5-11(17)16-6-9(8)7-3-2-4-10(14)12(7)15/h2-6H,1H3,(H,16,17). The third kappa shape index (κ3) is 2.64. The van der Waals surface area contributed by atoms with E-state index in [0.717, 1.165) is 0 Å². The summed E-state index contributed by atoms with van der Waals surface area (Å²) >= 11 is 12.1. The number of aromatic amines is 1. The van der Waals surface area contributed by atoms with Crippen LogP contribution < -0.4 is 5.56 Å². The summed E-state index contributed by atoms with van der Waals surface area (Å²) in [6.45, 7) is 0. The van der Waals surface area contributed by atoms with Gasteiger partial charge in [-0.1, -0.05) is 35.3 Å². The minimum absolute atomic E-state index is 0.135. The molecule has 4 nitrogen and oxygen atoms in total. The molecule has 0 saturated heterocycles. The van der Waals surface area contributed by atoms with Crippen molar-refractivity contribution >= 4 is 29.2 Å². The van der Waals surface area contributed by atoms with E-state index in [9.17, 15) is 9.59 Å². The van der Waals surface area contributed by atoms with Crippen molar-refractivity contribution in [3.05, 3.63) is 56.4 Å². The molecule has 1 N–H and O–H groups in total. The van der Waals surface area contributed by atoms with E-state index in [1.807, 2.05) is 0 Å². The number of nitrogens with one attached hydrogen (secondary N) is 1. The van der Waals surface area contributed by atoms with Crippen molar-refractivity contribution in [1.29, 1.82) is 0 Å². The second-order valence-corrected chi connectivity index (χ2v) is 4.50. The number of aromatic nitrogens is 1. The Kier molecular flexibility index (Phi) is 3.93. The van der Waals surface area contributed by atoms with E-state index in [0.29, 0.717) is 21.2 Å². The molecule has 0 aliphatic rings. The highest BCUT2D eigenvalue weighted by Crippen LogP contribution is 2.34. The zero-order valence-corrected chi connectivity index (χ0v) is 11.4. The average Bonchev–Trinajstić information content (AvgIpc) is 2.41. The lowest BCUT2D eigenvalue weighted by Crippen LogP contribution is -2.12. The van der Waals surface area contributed by atoms with Gasteiger partial charge in [0, 0.05) is 23.4 Å². The molecule has 0 saturated carbocycles. The molecular weight excluding hydrogens is 289 g/mol. The van der Waals surface area contributed by atoms with Crippen molar-refractivity contribution in [1.82, 2.24) is 4.98 Å². The van der Waals surface area contributed by atoms with Crippen LogP contribution in [-0.4, -0.2) is 18.1 Å². The number of pyridine rings is 1. The van der Waals surface area contributed by atoms with Crippen LogP contribution in [0.2, 0.25) is 10.0 Å². The van der Waals surface area contributed by atoms with Crippen LogP contribution in [0.5, 0.6) is 0 Å². The summed E-state index contributed by atoms with van der Waals surface area (Å²) in [5.74, 6) is -0.614. The summed E-state index contributed by atoms with van der Waals surface area (Å²) < 4.78 is 4.66. The van der Waals surface area contributed by atoms with Gasteiger partial charge < -0.3 is 9.72 Å². The first-order chi connectivity index (χ1) is 9.04. The Morgan fingerprint density at radius 1 is 1.26 bits per heavy atom. The number of halogens is 2. The van der Waals surface area contributed by atoms with Gasteiger partial charge in [0.15, 0.2) is 0 Å². The number of hydrogen-bond acceptors (Lipinski definition) is 3. The minimum atomic E-state index is -0.614. The fraction of sp³-hybridized carbons (Fsp3) is 0.0769. The van der Waals surface area contributed by atoms with Crippen LogP contribution in [-0.2, 0) is 4.74 Å². The molecule has 0 atom stereocenters. The van der Waals surface area contributed by atoms with E-state index in [1.165, 1.54) is 19.4 Å². The highest BCUT2D eigenvalue weighted by Gasteiger charge is 2.17. The van der Waals surface area contributed by atoms with Gasteiger partial charge >= 0.3 is 5.97 Å². The topological polar surface area (TPSA) is 59.2 Å². The molecule has 2 aromatic rings. The highest BCUT2D eigenvalue weighted by molar-refractivity contribution is 6.43. The number of hydrogen-bond donors (Lipinski definition) is 1. The Hall–Kier alpha value is -1.78. The number of carbonyl (C=O) groups excluding carboxylic acids is 1. The van der Waals surface area contributed by atoms with E-state index in [-0.39, 0.29) is 5.56 Å². The molecule has 19 heavy (non-hydrogen) atoms. The second-order valence-electron chi connectivity index (χ2n) is 3.72. The molecule has 0 bridgehead atoms. The number of methoxy groups -OCH3 is 1. The summed E-state index contributed by atoms with van der Waals surface area (Å²) in [5, 5.41) is 0.669. The molecule has 1 heterocycles. The fourth-order valence-electron chi connectivity index (χ4n) is 1.69. The van der Waals surface area contributed by atoms with E-state index >= 15 is 0 Å². The number of rotatable bonds is 2. The Labute approximate surface area is 118 Å². The Morgan fingerprint density at radius 2 is 2.00 bits per heavy atom. The lowest BCUT2D eigenvalue weighted by atomic mass is 10.0. The van der Waals surface area contributed by atoms with E-state index < -0.39 is 11.5 Å². The average molecular weight is 298 g/mol. The molecule has 0 spiro atoms. The van der Waals surface area contributed by atoms with Crippen LogP contribution in [0.25, 0.3) is 11.1 Å². The summed E-state index contributed by atoms with van der Waals surface area (Å²) in [7, 11) is 1.24. The van der Waals surface area contributed by atoms with Gasteiger partial charge in [0.25, 0.3) is 0 Å². The SMILES string of the molecule is COC(=O)c1cc(=O)[nH]cc1-c1cccc(Cl)c1Cl. The van der Waals surface area contributed by atoms with Crippen LogP contribution >= 0.6 is 23.2 Å². The zero-order chi connectivity index (χ0) is 14.0. The van der Waals surface area contributed by atoms with Crippen molar-refractivity contribution in [2.75, 3.05) is 7.11 Å². The van der Waals surface area contributed by atoms with Crippen molar-refractivity contribution in [2.24, 2.45) is 0 Å². The molecule has 0 amide bonds. The van der Waals surface area contributed by atoms with Gasteiger partial charge in [0.05, 0.1) is 22.7 Å². The van der Waals surface area contributed by atoms with Crippen LogP contribution in [0.4, 0.5) is 0 Å². The molecule has 1 aromatic carbocycles. The normalized spacial score (nSPS) is 10.3. The number of ether oxygens (including phenoxy) is 1. The first kappa shape index (κ1) is 13.6. The monoisotopic (exact) mass is 297 g/mol. The van der Waals surface area contributed by atoms with Crippen LogP contribution in [0.3, 0.4) is 0 Å². The quantitative estimate of drug-likeness (QED) is 0.866. The summed E-state index contributed by atoms with van der Waals surface area (Å²) in [6.07, 6.45) is 1.41. The second kappa shape index (κ2) is 5.47. The first-order valence-electron chi connectivity index (χ1n) is 5.30. The van der Waals surface area contributed by atoms with E-state index in [4.69, 9.17) is 23.2 Å². The van der Waals surface area contributed by atoms with Crippen LogP contribution in [0, 0.1) is 0 Å². The minimum Gasteiger partial charge on any atom is -0.465 e. The maximum Gasteiger partial charge on any atom is 0.338 e. The lowest BCUT2D eigenvalue weighted by Gasteiger charge is -2.09. The lowest BCUT2D eigenvalue weighted by molar-refractivity contribution is 0.0601. The Balaban J connectivity index is 2.72. The van der Waals surface area contributed by atoms with E-state index in [2.05, 4.69) is 9.72 Å². The van der Waals surface area contributed by atoms with Gasteiger partial charge in [-0.15, -0.1) is 0 Å². The van der Waals surface area contributed by atoms with Gasteiger partial charge in [0.2, 0.25) is 5.56 Å². The fourth-order valence-corrected chi connectivity index (χ4v) is 2.09. The third-order valence-electron chi connectivity index (χ3n) is 2.57. The first-order valence-corrected chi connectivity index (χ1v) is 6.05. The molecule has 0 unspecified atom stereocenters.